The molecule has 6 rings (SSSR count). The summed E-state index contributed by atoms with van der Waals surface area (Å²) in [4.78, 5) is 41.9. The molecule has 1 fully saturated rings. The number of pyridine rings is 1. The number of hydrogen-bond donors (Lipinski definition) is 1. The summed E-state index contributed by atoms with van der Waals surface area (Å²) in [5.41, 5.74) is 4.86. The number of hydrogen-bond acceptors (Lipinski definition) is 5. The molecule has 0 bridgehead atoms. The third kappa shape index (κ3) is 6.00. The number of piperidine rings is 1. The fraction of sp³-hybridized carbons (Fsp3) is 0.333. The summed E-state index contributed by atoms with van der Waals surface area (Å²) in [6.07, 6.45) is 9.70. The van der Waals surface area contributed by atoms with Crippen molar-refractivity contribution in [2.45, 2.75) is 44.4 Å². The number of imidazole rings is 1. The first kappa shape index (κ1) is 28.6. The number of nitrogens with zero attached hydrogens (tertiary/aromatic N) is 4. The minimum atomic E-state index is -0.160. The lowest BCUT2D eigenvalue weighted by molar-refractivity contribution is 0.0651. The summed E-state index contributed by atoms with van der Waals surface area (Å²) < 4.78 is 0. The van der Waals surface area contributed by atoms with E-state index in [1.54, 1.807) is 36.7 Å². The molecule has 0 radical (unpaired) electrons. The van der Waals surface area contributed by atoms with Gasteiger partial charge in [-0.15, -0.1) is 0 Å². The summed E-state index contributed by atoms with van der Waals surface area (Å²) in [6, 6.07) is 16.7. The summed E-state index contributed by atoms with van der Waals surface area (Å²) in [5, 5.41) is 1.05. The summed E-state index contributed by atoms with van der Waals surface area (Å²) >= 11 is 12.5. The highest BCUT2D eigenvalue weighted by Gasteiger charge is 2.34. The van der Waals surface area contributed by atoms with Crippen molar-refractivity contribution in [3.8, 4) is 22.5 Å². The lowest BCUT2D eigenvalue weighted by Gasteiger charge is -2.31. The van der Waals surface area contributed by atoms with Gasteiger partial charge in [-0.1, -0.05) is 54.2 Å². The minimum Gasteiger partial charge on any atom is -0.341 e. The third-order valence-corrected chi connectivity index (χ3v) is 9.08. The Morgan fingerprint density at radius 3 is 2.12 bits per heavy atom. The van der Waals surface area contributed by atoms with Crippen LogP contribution in [0.15, 0.2) is 67.0 Å². The maximum Gasteiger partial charge on any atom is 0.261 e. The van der Waals surface area contributed by atoms with E-state index >= 15 is 0 Å². The van der Waals surface area contributed by atoms with Crippen molar-refractivity contribution in [1.82, 2.24) is 24.8 Å². The predicted octanol–water partition coefficient (Wildman–Crippen LogP) is 7.48. The van der Waals surface area contributed by atoms with Crippen LogP contribution in [0.4, 0.5) is 0 Å². The number of unbranched alkanes of at least 4 members (excludes halogenated alkanes) is 3. The lowest BCUT2D eigenvalue weighted by Crippen LogP contribution is -2.34. The monoisotopic (exact) mass is 601 g/mol. The van der Waals surface area contributed by atoms with Gasteiger partial charge < -0.3 is 9.88 Å². The number of carbonyl (C=O) groups is 2. The van der Waals surface area contributed by atoms with Gasteiger partial charge in [0.05, 0.1) is 32.6 Å². The maximum absolute atomic E-state index is 12.5. The van der Waals surface area contributed by atoms with Crippen LogP contribution in [-0.4, -0.2) is 62.7 Å². The lowest BCUT2D eigenvalue weighted by atomic mass is 9.96. The van der Waals surface area contributed by atoms with Gasteiger partial charge in [0.25, 0.3) is 11.8 Å². The Hall–Kier alpha value is -3.52. The fourth-order valence-electron chi connectivity index (χ4n) is 6.00. The molecule has 2 aromatic carbocycles. The van der Waals surface area contributed by atoms with Gasteiger partial charge >= 0.3 is 0 Å². The number of benzene rings is 2. The number of fused-ring (bicyclic) bond motifs is 1. The van der Waals surface area contributed by atoms with Crippen LogP contribution >= 0.6 is 23.2 Å². The molecule has 42 heavy (non-hydrogen) atoms. The molecule has 0 atom stereocenters. The largest absolute Gasteiger partial charge is 0.341 e. The number of H-pyrrole nitrogens is 1. The normalized spacial score (nSPS) is 15.9. The SMILES string of the molecule is O=C1c2ccccc2C(=O)N1CCCCCCN1CCC(c2nc(-c3ccncc3)c(-c3ccc(Cl)c(Cl)c3)[nH]2)CC1. The van der Waals surface area contributed by atoms with Gasteiger partial charge in [-0.3, -0.25) is 19.5 Å². The van der Waals surface area contributed by atoms with Gasteiger partial charge in [-0.25, -0.2) is 4.98 Å². The number of likely N-dealkylation sites (tertiary alicyclic amines) is 1. The Morgan fingerprint density at radius 2 is 1.45 bits per heavy atom. The number of carbonyl (C=O) groups excluding carboxylic acids is 2. The second-order valence-corrected chi connectivity index (χ2v) is 11.9. The molecule has 1 saturated heterocycles. The average molecular weight is 603 g/mol. The molecule has 0 aliphatic carbocycles. The van der Waals surface area contributed by atoms with Gasteiger partial charge in [-0.05, 0) is 81.7 Å². The standard InChI is InChI=1S/C33H33Cl2N5O2/c34-27-10-9-24(21-28(27)35)30-29(22-11-15-36-16-12-22)37-31(38-30)23-13-19-39(20-14-23)17-5-1-2-6-18-40-32(41)25-7-3-4-8-26(25)33(40)42/h3-4,7-12,15-16,21,23H,1-2,5-6,13-14,17-20H2,(H,37,38). The summed E-state index contributed by atoms with van der Waals surface area (Å²) in [5.74, 6) is 1.05. The first-order valence-corrected chi connectivity index (χ1v) is 15.4. The smallest absolute Gasteiger partial charge is 0.261 e. The van der Waals surface area contributed by atoms with Gasteiger partial charge in [0.15, 0.2) is 0 Å². The zero-order valence-electron chi connectivity index (χ0n) is 23.4. The molecule has 4 heterocycles. The van der Waals surface area contributed by atoms with Crippen molar-refractivity contribution in [2.75, 3.05) is 26.2 Å². The van der Waals surface area contributed by atoms with Gasteiger partial charge in [-0.2, -0.15) is 0 Å². The van der Waals surface area contributed by atoms with Crippen LogP contribution < -0.4 is 0 Å². The molecule has 4 aromatic rings. The third-order valence-electron chi connectivity index (χ3n) is 8.34. The zero-order valence-corrected chi connectivity index (χ0v) is 24.9. The Balaban J connectivity index is 0.990. The van der Waals surface area contributed by atoms with Crippen LogP contribution in [0.5, 0.6) is 0 Å². The molecule has 2 aliphatic heterocycles. The molecule has 0 spiro atoms. The van der Waals surface area contributed by atoms with Crippen LogP contribution in [0.3, 0.4) is 0 Å². The summed E-state index contributed by atoms with van der Waals surface area (Å²) in [6.45, 7) is 3.63. The highest BCUT2D eigenvalue weighted by molar-refractivity contribution is 6.42. The number of aromatic nitrogens is 3. The quantitative estimate of drug-likeness (QED) is 0.150. The van der Waals surface area contributed by atoms with E-state index in [9.17, 15) is 9.59 Å². The molecular weight excluding hydrogens is 569 g/mol. The van der Waals surface area contributed by atoms with E-state index in [-0.39, 0.29) is 11.8 Å². The second kappa shape index (κ2) is 12.8. The van der Waals surface area contributed by atoms with Crippen LogP contribution in [0, 0.1) is 0 Å². The Bertz CT molecular complexity index is 1550. The molecule has 0 saturated carbocycles. The van der Waals surface area contributed by atoms with Gasteiger partial charge in [0.2, 0.25) is 0 Å². The van der Waals surface area contributed by atoms with Crippen LogP contribution in [0.2, 0.25) is 10.0 Å². The van der Waals surface area contributed by atoms with Crippen molar-refractivity contribution in [1.29, 1.82) is 0 Å². The highest BCUT2D eigenvalue weighted by atomic mass is 35.5. The van der Waals surface area contributed by atoms with Crippen molar-refractivity contribution in [2.24, 2.45) is 0 Å². The first-order chi connectivity index (χ1) is 20.5. The molecule has 0 unspecified atom stereocenters. The van der Waals surface area contributed by atoms with E-state index in [1.807, 2.05) is 30.3 Å². The average Bonchev–Trinajstić information content (AvgIpc) is 3.57. The van der Waals surface area contributed by atoms with Gasteiger partial charge in [0, 0.05) is 36.0 Å². The number of halogens is 2. The number of nitrogens with one attached hydrogen (secondary N) is 1. The number of aromatic amines is 1. The fourth-order valence-corrected chi connectivity index (χ4v) is 6.29. The van der Waals surface area contributed by atoms with Crippen molar-refractivity contribution >= 4 is 35.0 Å². The van der Waals surface area contributed by atoms with Gasteiger partial charge in [0.1, 0.15) is 5.82 Å². The number of amides is 2. The molecule has 2 aromatic heterocycles. The van der Waals surface area contributed by atoms with E-state index in [1.165, 1.54) is 4.90 Å². The molecular formula is C33H33Cl2N5O2. The minimum absolute atomic E-state index is 0.160. The Morgan fingerprint density at radius 1 is 0.786 bits per heavy atom. The van der Waals surface area contributed by atoms with E-state index in [4.69, 9.17) is 28.2 Å². The van der Waals surface area contributed by atoms with Crippen molar-refractivity contribution in [3.63, 3.8) is 0 Å². The molecule has 9 heteroatoms. The topological polar surface area (TPSA) is 82.2 Å². The zero-order chi connectivity index (χ0) is 29.1. The maximum atomic E-state index is 12.5. The van der Waals surface area contributed by atoms with E-state index < -0.39 is 0 Å². The number of imide groups is 1. The molecule has 2 aliphatic rings. The second-order valence-electron chi connectivity index (χ2n) is 11.0. The molecule has 216 valence electrons. The van der Waals surface area contributed by atoms with Crippen molar-refractivity contribution < 1.29 is 9.59 Å². The molecule has 7 nitrogen and oxygen atoms in total. The Labute approximate surface area is 255 Å². The van der Waals surface area contributed by atoms with E-state index in [0.29, 0.717) is 33.6 Å². The highest BCUT2D eigenvalue weighted by Crippen LogP contribution is 2.36. The molecule has 1 N–H and O–H groups in total. The van der Waals surface area contributed by atoms with E-state index in [0.717, 1.165) is 86.5 Å². The van der Waals surface area contributed by atoms with E-state index in [2.05, 4.69) is 14.9 Å². The van der Waals surface area contributed by atoms with Crippen molar-refractivity contribution in [3.05, 3.63) is 94.0 Å². The van der Waals surface area contributed by atoms with Crippen LogP contribution in [0.25, 0.3) is 22.5 Å². The molecule has 2 amide bonds. The van der Waals surface area contributed by atoms with Crippen LogP contribution in [0.1, 0.15) is 71.0 Å². The summed E-state index contributed by atoms with van der Waals surface area (Å²) in [7, 11) is 0. The van der Waals surface area contributed by atoms with Crippen LogP contribution in [-0.2, 0) is 0 Å². The number of rotatable bonds is 10. The first-order valence-electron chi connectivity index (χ1n) is 14.6. The Kier molecular flexibility index (Phi) is 8.70. The predicted molar refractivity (Wildman–Crippen MR) is 166 cm³/mol.